The fraction of sp³-hybridized carbons (Fsp3) is 0.692. The molecule has 0 N–H and O–H groups in total. The fourth-order valence-electron chi connectivity index (χ4n) is 1.82. The third-order valence-corrected chi connectivity index (χ3v) is 3.91. The summed E-state index contributed by atoms with van der Waals surface area (Å²) in [5.41, 5.74) is -0.875. The molecule has 0 aliphatic carbocycles. The first-order chi connectivity index (χ1) is 10.2. The predicted molar refractivity (Wildman–Crippen MR) is 73.0 cm³/mol. The van der Waals surface area contributed by atoms with Gasteiger partial charge in [0.15, 0.2) is 0 Å². The van der Waals surface area contributed by atoms with E-state index in [0.29, 0.717) is 13.2 Å². The van der Waals surface area contributed by atoms with Gasteiger partial charge in [0, 0.05) is 17.8 Å². The first kappa shape index (κ1) is 11.5. The van der Waals surface area contributed by atoms with Crippen molar-refractivity contribution in [2.75, 3.05) is 13.2 Å². The van der Waals surface area contributed by atoms with E-state index >= 15 is 0 Å². The van der Waals surface area contributed by atoms with Crippen LogP contribution in [0.1, 0.15) is 30.4 Å². The lowest BCUT2D eigenvalue weighted by molar-refractivity contribution is -0.0831. The molecule has 7 heteroatoms. The number of hydrogen-bond donors (Lipinski definition) is 0. The van der Waals surface area contributed by atoms with Crippen LogP contribution in [0.5, 0.6) is 6.01 Å². The Hall–Kier alpha value is -1.18. The summed E-state index contributed by atoms with van der Waals surface area (Å²) < 4.78 is 38.3. The number of nitrogens with zero attached hydrogens (tertiary/aromatic N) is 2. The third kappa shape index (κ3) is 2.41. The molecule has 0 aromatic carbocycles. The first-order valence-corrected chi connectivity index (χ1v) is 6.65. The van der Waals surface area contributed by atoms with Crippen LogP contribution in [-0.2, 0) is 14.0 Å². The average Bonchev–Trinajstić information content (AvgIpc) is 2.52. The van der Waals surface area contributed by atoms with Gasteiger partial charge in [0.25, 0.3) is 0 Å². The van der Waals surface area contributed by atoms with Crippen molar-refractivity contribution < 1.29 is 21.5 Å². The highest BCUT2D eigenvalue weighted by Crippen LogP contribution is 2.36. The minimum absolute atomic E-state index is 0.0172. The second kappa shape index (κ2) is 4.68. The second-order valence-corrected chi connectivity index (χ2v) is 6.01. The summed E-state index contributed by atoms with van der Waals surface area (Å²) in [6, 6.07) is 0.0172. The van der Waals surface area contributed by atoms with Gasteiger partial charge in [-0.3, -0.25) is 0 Å². The topological polar surface area (TPSA) is 62.7 Å². The molecule has 0 radical (unpaired) electrons. The molecule has 0 atom stereocenters. The monoisotopic (exact) mass is 280 g/mol. The van der Waals surface area contributed by atoms with E-state index in [9.17, 15) is 0 Å². The van der Waals surface area contributed by atoms with Crippen LogP contribution >= 0.6 is 0 Å². The van der Waals surface area contributed by atoms with Crippen molar-refractivity contribution >= 4 is 12.6 Å². The molecule has 2 aliphatic heterocycles. The van der Waals surface area contributed by atoms with Gasteiger partial charge in [-0.05, 0) is 27.7 Å². The summed E-state index contributed by atoms with van der Waals surface area (Å²) in [7, 11) is -0.828. The molecule has 0 amide bonds. The minimum atomic E-state index is -0.828. The van der Waals surface area contributed by atoms with Gasteiger partial charge in [-0.25, -0.2) is 9.97 Å². The van der Waals surface area contributed by atoms with Gasteiger partial charge >= 0.3 is 13.1 Å². The van der Waals surface area contributed by atoms with E-state index < -0.39 is 18.3 Å². The van der Waals surface area contributed by atoms with Gasteiger partial charge < -0.3 is 18.8 Å². The molecule has 3 rings (SSSR count). The molecule has 2 aliphatic rings. The molecule has 3 heterocycles. The van der Waals surface area contributed by atoms with Crippen molar-refractivity contribution in [2.24, 2.45) is 0 Å². The van der Waals surface area contributed by atoms with E-state index in [1.165, 1.54) is 0 Å². The van der Waals surface area contributed by atoms with E-state index in [1.807, 2.05) is 27.7 Å². The van der Waals surface area contributed by atoms with E-state index in [4.69, 9.17) is 21.5 Å². The summed E-state index contributed by atoms with van der Waals surface area (Å²) in [6.07, 6.45) is -0.344. The maximum atomic E-state index is 8.05. The van der Waals surface area contributed by atoms with Crippen LogP contribution in [-0.4, -0.2) is 47.6 Å². The smallest absolute Gasteiger partial charge is 0.455 e. The van der Waals surface area contributed by atoms with Crippen molar-refractivity contribution in [3.63, 3.8) is 0 Å². The standard InChI is InChI=1S/C13H19BN2O4/c1-12(2)13(3,4)20-14(19-12)9-5-15-11(16-6-9)18-10-7-17-8-10/h5-6,10H,7-8H2,1-4H3/i5D,6D. The summed E-state index contributed by atoms with van der Waals surface area (Å²) in [4.78, 5) is 7.99. The van der Waals surface area contributed by atoms with Crippen molar-refractivity contribution in [3.8, 4) is 6.01 Å². The number of rotatable bonds is 3. The fourth-order valence-corrected chi connectivity index (χ4v) is 1.82. The normalized spacial score (nSPS) is 25.9. The SMILES string of the molecule is [2H]c1nc(OC2COC2)nc([2H])c1B1OC(C)(C)C(C)(C)O1. The quantitative estimate of drug-likeness (QED) is 0.754. The van der Waals surface area contributed by atoms with Crippen molar-refractivity contribution in [3.05, 3.63) is 12.3 Å². The molecule has 0 bridgehead atoms. The summed E-state index contributed by atoms with van der Waals surface area (Å²) in [6.45, 7) is 8.60. The lowest BCUT2D eigenvalue weighted by Crippen LogP contribution is -2.41. The zero-order chi connectivity index (χ0) is 16.1. The molecule has 108 valence electrons. The Morgan fingerprint density at radius 2 is 1.75 bits per heavy atom. The van der Waals surface area contributed by atoms with Crippen molar-refractivity contribution in [1.82, 2.24) is 9.97 Å². The summed E-state index contributed by atoms with van der Waals surface area (Å²) in [5.74, 6) is 0. The number of hydrogen-bond acceptors (Lipinski definition) is 6. The Kier molecular flexibility index (Phi) is 2.69. The molecule has 0 unspecified atom stereocenters. The Balaban J connectivity index is 1.85. The van der Waals surface area contributed by atoms with Crippen LogP contribution in [0, 0.1) is 0 Å². The second-order valence-electron chi connectivity index (χ2n) is 6.01. The Labute approximate surface area is 121 Å². The van der Waals surface area contributed by atoms with Crippen molar-refractivity contribution in [2.45, 2.75) is 45.0 Å². The van der Waals surface area contributed by atoms with Gasteiger partial charge in [-0.15, -0.1) is 0 Å². The highest BCUT2D eigenvalue weighted by atomic mass is 16.7. The molecule has 0 saturated carbocycles. The van der Waals surface area contributed by atoms with Gasteiger partial charge in [0.1, 0.15) is 6.10 Å². The Morgan fingerprint density at radius 3 is 2.20 bits per heavy atom. The minimum Gasteiger partial charge on any atom is -0.455 e. The zero-order valence-corrected chi connectivity index (χ0v) is 12.1. The maximum absolute atomic E-state index is 8.05. The van der Waals surface area contributed by atoms with E-state index in [-0.39, 0.29) is 29.9 Å². The van der Waals surface area contributed by atoms with E-state index in [1.54, 1.807) is 0 Å². The molecule has 0 spiro atoms. The van der Waals surface area contributed by atoms with E-state index in [0.717, 1.165) is 0 Å². The van der Waals surface area contributed by atoms with Crippen LogP contribution in [0.4, 0.5) is 0 Å². The largest absolute Gasteiger partial charge is 0.498 e. The molecule has 2 saturated heterocycles. The molecular weight excluding hydrogens is 259 g/mol. The Bertz CT molecular complexity index is 556. The molecular formula is C13H19BN2O4. The molecule has 1 aromatic rings. The van der Waals surface area contributed by atoms with Crippen LogP contribution in [0.3, 0.4) is 0 Å². The molecule has 6 nitrogen and oxygen atoms in total. The predicted octanol–water partition coefficient (Wildman–Crippen LogP) is 0.553. The molecule has 2 fully saturated rings. The summed E-state index contributed by atoms with van der Waals surface area (Å²) in [5, 5.41) is 0. The number of ether oxygens (including phenoxy) is 2. The third-order valence-electron chi connectivity index (χ3n) is 3.91. The highest BCUT2D eigenvalue weighted by Gasteiger charge is 2.51. The Morgan fingerprint density at radius 1 is 1.20 bits per heavy atom. The lowest BCUT2D eigenvalue weighted by Gasteiger charge is -2.32. The lowest BCUT2D eigenvalue weighted by atomic mass is 9.81. The van der Waals surface area contributed by atoms with Crippen LogP contribution < -0.4 is 10.2 Å². The van der Waals surface area contributed by atoms with Gasteiger partial charge in [0.2, 0.25) is 0 Å². The van der Waals surface area contributed by atoms with Gasteiger partial charge in [0.05, 0.1) is 27.2 Å². The molecule has 1 aromatic heterocycles. The van der Waals surface area contributed by atoms with Crippen LogP contribution in [0.2, 0.25) is 0 Å². The van der Waals surface area contributed by atoms with Crippen molar-refractivity contribution in [1.29, 1.82) is 0 Å². The van der Waals surface area contributed by atoms with Crippen LogP contribution in [0.15, 0.2) is 12.3 Å². The van der Waals surface area contributed by atoms with Gasteiger partial charge in [-0.2, -0.15) is 0 Å². The van der Waals surface area contributed by atoms with E-state index in [2.05, 4.69) is 9.97 Å². The maximum Gasteiger partial charge on any atom is 0.498 e. The number of aromatic nitrogens is 2. The zero-order valence-electron chi connectivity index (χ0n) is 14.1. The summed E-state index contributed by atoms with van der Waals surface area (Å²) >= 11 is 0. The average molecular weight is 280 g/mol. The van der Waals surface area contributed by atoms with Crippen LogP contribution in [0.25, 0.3) is 0 Å². The highest BCUT2D eigenvalue weighted by molar-refractivity contribution is 6.61. The first-order valence-electron chi connectivity index (χ1n) is 7.65. The molecule has 20 heavy (non-hydrogen) atoms. The van der Waals surface area contributed by atoms with Gasteiger partial charge in [-0.1, -0.05) is 0 Å².